The van der Waals surface area contributed by atoms with E-state index >= 15 is 0 Å². The first kappa shape index (κ1) is 4.21. The van der Waals surface area contributed by atoms with Crippen molar-refractivity contribution in [3.05, 3.63) is 0 Å². The summed E-state index contributed by atoms with van der Waals surface area (Å²) in [6.07, 6.45) is 1.44. The van der Waals surface area contributed by atoms with Crippen molar-refractivity contribution in [1.29, 1.82) is 0 Å². The van der Waals surface area contributed by atoms with Crippen molar-refractivity contribution >= 4 is 11.8 Å². The summed E-state index contributed by atoms with van der Waals surface area (Å²) in [4.78, 5) is 0. The van der Waals surface area contributed by atoms with Crippen molar-refractivity contribution in [2.24, 2.45) is 0 Å². The molecule has 0 aromatic rings. The summed E-state index contributed by atoms with van der Waals surface area (Å²) in [7, 11) is 0. The highest BCUT2D eigenvalue weighted by molar-refractivity contribution is 8.00. The highest BCUT2D eigenvalue weighted by Gasteiger charge is 2.30. The highest BCUT2D eigenvalue weighted by atomic mass is 32.2. The van der Waals surface area contributed by atoms with Gasteiger partial charge in [-0.2, -0.15) is 11.8 Å². The van der Waals surface area contributed by atoms with Crippen molar-refractivity contribution < 1.29 is 0 Å². The van der Waals surface area contributed by atoms with Gasteiger partial charge in [-0.05, 0) is 6.42 Å². The van der Waals surface area contributed by atoms with E-state index in [1.165, 1.54) is 18.7 Å². The van der Waals surface area contributed by atoms with Crippen LogP contribution in [0.1, 0.15) is 6.42 Å². The van der Waals surface area contributed by atoms with Crippen LogP contribution in [0, 0.1) is 0 Å². The lowest BCUT2D eigenvalue weighted by molar-refractivity contribution is 0.679. The molecule has 7 heavy (non-hydrogen) atoms. The molecule has 2 saturated heterocycles. The fourth-order valence-corrected chi connectivity index (χ4v) is 2.63. The van der Waals surface area contributed by atoms with Gasteiger partial charge >= 0.3 is 0 Å². The molecule has 2 heterocycles. The third-order valence-electron chi connectivity index (χ3n) is 1.71. The van der Waals surface area contributed by atoms with Gasteiger partial charge in [0.2, 0.25) is 0 Å². The summed E-state index contributed by atoms with van der Waals surface area (Å²) in [5.41, 5.74) is 0. The lowest BCUT2D eigenvalue weighted by Gasteiger charge is -2.08. The molecule has 2 rings (SSSR count). The Kier molecular flexibility index (Phi) is 0.837. The minimum absolute atomic E-state index is 0.884. The molecule has 0 unspecified atom stereocenters. The van der Waals surface area contributed by atoms with Gasteiger partial charge in [-0.25, -0.2) is 0 Å². The smallest absolute Gasteiger partial charge is 0.0188 e. The number of thioether (sulfide) groups is 1. The molecule has 2 atom stereocenters. The Morgan fingerprint density at radius 2 is 2.57 bits per heavy atom. The second-order valence-corrected chi connectivity index (χ2v) is 3.63. The molecule has 0 spiro atoms. The quantitative estimate of drug-likeness (QED) is 0.492. The molecule has 2 heteroatoms. The molecule has 0 aromatic carbocycles. The monoisotopic (exact) mass is 115 g/mol. The number of hydrogen-bond acceptors (Lipinski definition) is 2. The second-order valence-electron chi connectivity index (χ2n) is 2.30. The summed E-state index contributed by atoms with van der Waals surface area (Å²) in [6, 6.07) is 0.884. The molecule has 0 aliphatic carbocycles. The van der Waals surface area contributed by atoms with E-state index in [9.17, 15) is 0 Å². The van der Waals surface area contributed by atoms with Gasteiger partial charge in [-0.3, -0.25) is 0 Å². The van der Waals surface area contributed by atoms with Gasteiger partial charge in [0.25, 0.3) is 0 Å². The molecule has 0 aromatic heterocycles. The van der Waals surface area contributed by atoms with E-state index in [1.807, 2.05) is 0 Å². The Balaban J connectivity index is 2.12. The minimum atomic E-state index is 0.884. The Bertz CT molecular complexity index is 66.1. The van der Waals surface area contributed by atoms with Gasteiger partial charge in [0.1, 0.15) is 0 Å². The van der Waals surface area contributed by atoms with Crippen LogP contribution < -0.4 is 5.32 Å². The topological polar surface area (TPSA) is 12.0 Å². The number of fused-ring (bicyclic) bond motifs is 2. The standard InChI is InChI=1S/C5H9NS/c1-4-3-7-5(1)2-6-4/h4-6H,1-3H2/t4-,5+/m0/s1. The summed E-state index contributed by atoms with van der Waals surface area (Å²) in [5, 5.41) is 4.41. The molecule has 0 amide bonds. The van der Waals surface area contributed by atoms with E-state index in [-0.39, 0.29) is 0 Å². The van der Waals surface area contributed by atoms with Gasteiger partial charge in [0.15, 0.2) is 0 Å². The van der Waals surface area contributed by atoms with Crippen molar-refractivity contribution in [2.75, 3.05) is 12.3 Å². The van der Waals surface area contributed by atoms with Crippen LogP contribution in [0.3, 0.4) is 0 Å². The Hall–Kier alpha value is 0.310. The van der Waals surface area contributed by atoms with Gasteiger partial charge < -0.3 is 5.32 Å². The Morgan fingerprint density at radius 1 is 1.57 bits per heavy atom. The maximum Gasteiger partial charge on any atom is 0.0188 e. The molecule has 1 nitrogen and oxygen atoms in total. The fourth-order valence-electron chi connectivity index (χ4n) is 1.29. The van der Waals surface area contributed by atoms with E-state index in [4.69, 9.17) is 0 Å². The molecule has 2 aliphatic heterocycles. The van der Waals surface area contributed by atoms with Crippen LogP contribution in [-0.4, -0.2) is 23.6 Å². The number of hydrogen-bond donors (Lipinski definition) is 1. The maximum absolute atomic E-state index is 3.44. The molecule has 2 fully saturated rings. The predicted molar refractivity (Wildman–Crippen MR) is 32.7 cm³/mol. The maximum atomic E-state index is 3.44. The minimum Gasteiger partial charge on any atom is -0.312 e. The molecular formula is C5H9NS. The average molecular weight is 115 g/mol. The van der Waals surface area contributed by atoms with Crippen LogP contribution in [0.2, 0.25) is 0 Å². The van der Waals surface area contributed by atoms with Crippen molar-refractivity contribution in [3.63, 3.8) is 0 Å². The molecule has 40 valence electrons. The lowest BCUT2D eigenvalue weighted by Crippen LogP contribution is -2.26. The van der Waals surface area contributed by atoms with E-state index in [1.54, 1.807) is 0 Å². The first-order valence-electron chi connectivity index (χ1n) is 2.80. The van der Waals surface area contributed by atoms with Crippen molar-refractivity contribution in [1.82, 2.24) is 5.32 Å². The second kappa shape index (κ2) is 1.39. The van der Waals surface area contributed by atoms with Crippen LogP contribution in [0.4, 0.5) is 0 Å². The number of rotatable bonds is 0. The van der Waals surface area contributed by atoms with E-state index < -0.39 is 0 Å². The summed E-state index contributed by atoms with van der Waals surface area (Å²) in [5.74, 6) is 1.37. The molecule has 0 radical (unpaired) electrons. The predicted octanol–water partition coefficient (Wildman–Crippen LogP) is 0.464. The Labute approximate surface area is 47.9 Å². The zero-order chi connectivity index (χ0) is 4.69. The van der Waals surface area contributed by atoms with Gasteiger partial charge in [-0.1, -0.05) is 0 Å². The lowest BCUT2D eigenvalue weighted by atomic mass is 10.3. The Morgan fingerprint density at radius 3 is 2.71 bits per heavy atom. The van der Waals surface area contributed by atoms with E-state index in [0.717, 1.165) is 11.3 Å². The average Bonchev–Trinajstić information content (AvgIpc) is 2.22. The summed E-state index contributed by atoms with van der Waals surface area (Å²) >= 11 is 2.13. The zero-order valence-electron chi connectivity index (χ0n) is 4.18. The third-order valence-corrected chi connectivity index (χ3v) is 3.14. The van der Waals surface area contributed by atoms with Crippen molar-refractivity contribution in [2.45, 2.75) is 17.7 Å². The van der Waals surface area contributed by atoms with Gasteiger partial charge in [-0.15, -0.1) is 0 Å². The fraction of sp³-hybridized carbons (Fsp3) is 1.00. The third kappa shape index (κ3) is 0.572. The zero-order valence-corrected chi connectivity index (χ0v) is 5.00. The SMILES string of the molecule is C1S[C@H]2CN[C@H]1C2. The van der Waals surface area contributed by atoms with Crippen LogP contribution >= 0.6 is 11.8 Å². The largest absolute Gasteiger partial charge is 0.312 e. The summed E-state index contributed by atoms with van der Waals surface area (Å²) in [6.45, 7) is 1.27. The molecule has 2 aliphatic rings. The van der Waals surface area contributed by atoms with E-state index in [2.05, 4.69) is 17.1 Å². The molecule has 2 bridgehead atoms. The van der Waals surface area contributed by atoms with Crippen LogP contribution in [0.15, 0.2) is 0 Å². The first-order valence-corrected chi connectivity index (χ1v) is 3.85. The number of nitrogens with one attached hydrogen (secondary N) is 1. The van der Waals surface area contributed by atoms with Gasteiger partial charge in [0, 0.05) is 23.6 Å². The first-order chi connectivity index (χ1) is 3.45. The summed E-state index contributed by atoms with van der Waals surface area (Å²) < 4.78 is 0. The van der Waals surface area contributed by atoms with Gasteiger partial charge in [0.05, 0.1) is 0 Å². The molecular weight excluding hydrogens is 106 g/mol. The highest BCUT2D eigenvalue weighted by Crippen LogP contribution is 2.30. The molecule has 0 saturated carbocycles. The van der Waals surface area contributed by atoms with E-state index in [0.29, 0.717) is 0 Å². The van der Waals surface area contributed by atoms with Crippen LogP contribution in [-0.2, 0) is 0 Å². The van der Waals surface area contributed by atoms with Crippen LogP contribution in [0.25, 0.3) is 0 Å². The van der Waals surface area contributed by atoms with Crippen molar-refractivity contribution in [3.8, 4) is 0 Å². The van der Waals surface area contributed by atoms with Crippen LogP contribution in [0.5, 0.6) is 0 Å². The normalized spacial score (nSPS) is 48.0. The molecule has 1 N–H and O–H groups in total.